The molecule has 2 aromatic carbocycles. The summed E-state index contributed by atoms with van der Waals surface area (Å²) < 4.78 is 0. The van der Waals surface area contributed by atoms with E-state index in [1.165, 1.54) is 5.56 Å². The third-order valence-electron chi connectivity index (χ3n) is 5.47. The van der Waals surface area contributed by atoms with Gasteiger partial charge in [0.25, 0.3) is 0 Å². The van der Waals surface area contributed by atoms with Gasteiger partial charge in [0.15, 0.2) is 0 Å². The molecular formula is C25H35N3O3S. The monoisotopic (exact) mass is 457 g/mol. The zero-order chi connectivity index (χ0) is 23.5. The number of benzene rings is 2. The summed E-state index contributed by atoms with van der Waals surface area (Å²) in [5.41, 5.74) is 10.1. The van der Waals surface area contributed by atoms with Gasteiger partial charge in [0, 0.05) is 6.54 Å². The number of nitrogens with two attached hydrogens (primary N) is 1. The number of carbonyl (C=O) groups is 2. The van der Waals surface area contributed by atoms with E-state index < -0.39 is 12.1 Å². The number of carbonyl (C=O) groups excluding carboxylic acids is 2. The molecule has 5 N–H and O–H groups in total. The van der Waals surface area contributed by atoms with Crippen molar-refractivity contribution in [1.29, 1.82) is 0 Å². The molecule has 0 aliphatic rings. The van der Waals surface area contributed by atoms with Gasteiger partial charge in [-0.2, -0.15) is 11.8 Å². The van der Waals surface area contributed by atoms with Crippen LogP contribution in [0, 0.1) is 13.8 Å². The smallest absolute Gasteiger partial charge is 0.242 e. The lowest BCUT2D eigenvalue weighted by Crippen LogP contribution is -2.52. The predicted octanol–water partition coefficient (Wildman–Crippen LogP) is 2.87. The molecule has 2 amide bonds. The third-order valence-corrected chi connectivity index (χ3v) is 6.11. The van der Waals surface area contributed by atoms with Crippen molar-refractivity contribution >= 4 is 23.6 Å². The van der Waals surface area contributed by atoms with Crippen LogP contribution in [-0.2, 0) is 22.4 Å². The van der Waals surface area contributed by atoms with Crippen molar-refractivity contribution in [3.63, 3.8) is 0 Å². The molecule has 0 saturated heterocycles. The highest BCUT2D eigenvalue weighted by Crippen LogP contribution is 2.21. The van der Waals surface area contributed by atoms with Gasteiger partial charge in [0.05, 0.1) is 6.04 Å². The molecule has 1 unspecified atom stereocenters. The second-order valence-electron chi connectivity index (χ2n) is 8.09. The number of nitrogens with one attached hydrogen (secondary N) is 2. The number of amides is 2. The van der Waals surface area contributed by atoms with Crippen LogP contribution in [0.15, 0.2) is 42.5 Å². The molecule has 7 heteroatoms. The number of aryl methyl sites for hydroxylation is 3. The van der Waals surface area contributed by atoms with Crippen molar-refractivity contribution in [2.24, 2.45) is 5.73 Å². The first-order chi connectivity index (χ1) is 15.3. The van der Waals surface area contributed by atoms with Gasteiger partial charge in [-0.1, -0.05) is 30.3 Å². The molecule has 0 aliphatic carbocycles. The highest BCUT2D eigenvalue weighted by atomic mass is 32.2. The normalized spacial score (nSPS) is 12.8. The Balaban J connectivity index is 1.90. The Kier molecular flexibility index (Phi) is 10.6. The molecular weight excluding hydrogens is 422 g/mol. The second-order valence-corrected chi connectivity index (χ2v) is 9.08. The summed E-state index contributed by atoms with van der Waals surface area (Å²) in [6, 6.07) is 12.1. The SMILES string of the molecule is CSCC[C@@H](NC(=O)C(N)Cc1c(C)cc(O)cc1C)C(=O)NCCCc1ccccc1. The van der Waals surface area contributed by atoms with Crippen LogP contribution in [0.2, 0.25) is 0 Å². The van der Waals surface area contributed by atoms with E-state index in [1.807, 2.05) is 38.3 Å². The molecule has 174 valence electrons. The van der Waals surface area contributed by atoms with Gasteiger partial charge in [-0.05, 0) is 85.9 Å². The van der Waals surface area contributed by atoms with E-state index in [1.54, 1.807) is 23.9 Å². The maximum atomic E-state index is 12.8. The van der Waals surface area contributed by atoms with Crippen molar-refractivity contribution in [2.45, 2.75) is 51.6 Å². The van der Waals surface area contributed by atoms with Crippen LogP contribution in [0.3, 0.4) is 0 Å². The van der Waals surface area contributed by atoms with Gasteiger partial charge in [0.2, 0.25) is 11.8 Å². The van der Waals surface area contributed by atoms with Crippen LogP contribution in [0.25, 0.3) is 0 Å². The summed E-state index contributed by atoms with van der Waals surface area (Å²) in [5, 5.41) is 15.5. The lowest BCUT2D eigenvalue weighted by Gasteiger charge is -2.21. The van der Waals surface area contributed by atoms with E-state index in [0.717, 1.165) is 35.3 Å². The fourth-order valence-electron chi connectivity index (χ4n) is 3.66. The fourth-order valence-corrected chi connectivity index (χ4v) is 4.13. The van der Waals surface area contributed by atoms with Crippen LogP contribution in [0.5, 0.6) is 5.75 Å². The van der Waals surface area contributed by atoms with Crippen molar-refractivity contribution in [1.82, 2.24) is 10.6 Å². The molecule has 2 rings (SSSR count). The molecule has 2 aromatic rings. The van der Waals surface area contributed by atoms with Crippen molar-refractivity contribution in [3.05, 3.63) is 64.7 Å². The van der Waals surface area contributed by atoms with E-state index in [2.05, 4.69) is 22.8 Å². The van der Waals surface area contributed by atoms with Gasteiger partial charge < -0.3 is 21.5 Å². The lowest BCUT2D eigenvalue weighted by atomic mass is 9.96. The Hall–Kier alpha value is -2.51. The molecule has 0 heterocycles. The summed E-state index contributed by atoms with van der Waals surface area (Å²) in [6.45, 7) is 4.32. The fraction of sp³-hybridized carbons (Fsp3) is 0.440. The molecule has 0 fully saturated rings. The number of hydrogen-bond donors (Lipinski definition) is 4. The number of hydrogen-bond acceptors (Lipinski definition) is 5. The predicted molar refractivity (Wildman–Crippen MR) is 132 cm³/mol. The first-order valence-electron chi connectivity index (χ1n) is 11.0. The minimum absolute atomic E-state index is 0.176. The lowest BCUT2D eigenvalue weighted by molar-refractivity contribution is -0.129. The first kappa shape index (κ1) is 25.7. The molecule has 0 aromatic heterocycles. The van der Waals surface area contributed by atoms with Crippen LogP contribution < -0.4 is 16.4 Å². The largest absolute Gasteiger partial charge is 0.508 e. The van der Waals surface area contributed by atoms with Gasteiger partial charge in [0.1, 0.15) is 11.8 Å². The molecule has 0 aliphatic heterocycles. The summed E-state index contributed by atoms with van der Waals surface area (Å²) in [4.78, 5) is 25.5. The molecule has 0 bridgehead atoms. The summed E-state index contributed by atoms with van der Waals surface area (Å²) in [6.07, 6.45) is 4.58. The van der Waals surface area contributed by atoms with E-state index in [9.17, 15) is 14.7 Å². The Bertz CT molecular complexity index is 866. The molecule has 2 atom stereocenters. The molecule has 0 radical (unpaired) electrons. The summed E-state index contributed by atoms with van der Waals surface area (Å²) in [7, 11) is 0. The second kappa shape index (κ2) is 13.1. The van der Waals surface area contributed by atoms with Gasteiger partial charge in [-0.3, -0.25) is 9.59 Å². The Morgan fingerprint density at radius 3 is 2.38 bits per heavy atom. The molecule has 0 saturated carbocycles. The number of thioether (sulfide) groups is 1. The first-order valence-corrected chi connectivity index (χ1v) is 12.4. The highest BCUT2D eigenvalue weighted by Gasteiger charge is 2.24. The highest BCUT2D eigenvalue weighted by molar-refractivity contribution is 7.98. The van der Waals surface area contributed by atoms with E-state index in [0.29, 0.717) is 19.4 Å². The third kappa shape index (κ3) is 8.20. The summed E-state index contributed by atoms with van der Waals surface area (Å²) >= 11 is 1.63. The van der Waals surface area contributed by atoms with Crippen LogP contribution in [-0.4, -0.2) is 47.6 Å². The van der Waals surface area contributed by atoms with E-state index in [-0.39, 0.29) is 17.6 Å². The van der Waals surface area contributed by atoms with Crippen molar-refractivity contribution < 1.29 is 14.7 Å². The Morgan fingerprint density at radius 1 is 1.09 bits per heavy atom. The van der Waals surface area contributed by atoms with Gasteiger partial charge in [-0.25, -0.2) is 0 Å². The zero-order valence-electron chi connectivity index (χ0n) is 19.2. The quantitative estimate of drug-likeness (QED) is 0.367. The van der Waals surface area contributed by atoms with E-state index >= 15 is 0 Å². The Labute approximate surface area is 195 Å². The van der Waals surface area contributed by atoms with Gasteiger partial charge in [-0.15, -0.1) is 0 Å². The standard InChI is InChI=1S/C25H35N3O3S/c1-17-14-20(29)15-18(2)21(17)16-22(26)24(30)28-23(11-13-32-3)25(31)27-12-7-10-19-8-5-4-6-9-19/h4-6,8-9,14-15,22-23,29H,7,10-13,16,26H2,1-3H3,(H,27,31)(H,28,30)/t22?,23-/m1/s1. The van der Waals surface area contributed by atoms with Crippen LogP contribution in [0.1, 0.15) is 35.1 Å². The maximum Gasteiger partial charge on any atom is 0.242 e. The number of phenols is 1. The number of aromatic hydroxyl groups is 1. The van der Waals surface area contributed by atoms with Crippen molar-refractivity contribution in [2.75, 3.05) is 18.6 Å². The average molecular weight is 458 g/mol. The minimum Gasteiger partial charge on any atom is -0.508 e. The van der Waals surface area contributed by atoms with Crippen LogP contribution >= 0.6 is 11.8 Å². The zero-order valence-corrected chi connectivity index (χ0v) is 20.0. The molecule has 0 spiro atoms. The van der Waals surface area contributed by atoms with Gasteiger partial charge >= 0.3 is 0 Å². The average Bonchev–Trinajstić information content (AvgIpc) is 2.76. The topological polar surface area (TPSA) is 104 Å². The van der Waals surface area contributed by atoms with Crippen LogP contribution in [0.4, 0.5) is 0 Å². The van der Waals surface area contributed by atoms with E-state index in [4.69, 9.17) is 5.73 Å². The number of phenolic OH excluding ortho intramolecular Hbond substituents is 1. The maximum absolute atomic E-state index is 12.8. The molecule has 6 nitrogen and oxygen atoms in total. The van der Waals surface area contributed by atoms with Crippen molar-refractivity contribution in [3.8, 4) is 5.75 Å². The summed E-state index contributed by atoms with van der Waals surface area (Å²) in [5.74, 6) is 0.434. The number of rotatable bonds is 12. The molecule has 32 heavy (non-hydrogen) atoms. The minimum atomic E-state index is -0.778. The Morgan fingerprint density at radius 2 is 1.75 bits per heavy atom.